The predicted molar refractivity (Wildman–Crippen MR) is 109 cm³/mol. The second kappa shape index (κ2) is 9.46. The zero-order valence-electron chi connectivity index (χ0n) is 16.6. The third-order valence-electron chi connectivity index (χ3n) is 4.06. The molecule has 0 aromatic heterocycles. The highest BCUT2D eigenvalue weighted by Gasteiger charge is 2.21. The van der Waals surface area contributed by atoms with Gasteiger partial charge in [-0.05, 0) is 51.0 Å². The van der Waals surface area contributed by atoms with Crippen molar-refractivity contribution < 1.29 is 23.8 Å². The van der Waals surface area contributed by atoms with E-state index in [9.17, 15) is 9.59 Å². The number of carbonyl (C=O) groups is 2. The highest BCUT2D eigenvalue weighted by molar-refractivity contribution is 6.34. The molecule has 2 rings (SSSR count). The minimum absolute atomic E-state index is 0.187. The lowest BCUT2D eigenvalue weighted by molar-refractivity contribution is -0.122. The Morgan fingerprint density at radius 2 is 1.86 bits per heavy atom. The van der Waals surface area contributed by atoms with Gasteiger partial charge in [-0.1, -0.05) is 23.7 Å². The van der Waals surface area contributed by atoms with Gasteiger partial charge < -0.3 is 19.5 Å². The maximum atomic E-state index is 12.6. The SMILES string of the molecule is CCOC(=O)c1cc(Cl)c(NC(=O)C(C)Oc2cc(C)ccc2C)cc1OC. The number of rotatable bonds is 7. The average Bonchev–Trinajstić information content (AvgIpc) is 2.65. The molecule has 0 bridgehead atoms. The molecule has 1 unspecified atom stereocenters. The van der Waals surface area contributed by atoms with Gasteiger partial charge in [0.25, 0.3) is 5.91 Å². The summed E-state index contributed by atoms with van der Waals surface area (Å²) in [5.74, 6) is -0.0373. The summed E-state index contributed by atoms with van der Waals surface area (Å²) >= 11 is 6.24. The molecule has 6 nitrogen and oxygen atoms in total. The Bertz CT molecular complexity index is 881. The molecule has 1 atom stereocenters. The quantitative estimate of drug-likeness (QED) is 0.684. The van der Waals surface area contributed by atoms with Gasteiger partial charge in [0.05, 0.1) is 24.4 Å². The van der Waals surface area contributed by atoms with E-state index in [0.29, 0.717) is 11.4 Å². The first-order valence-corrected chi connectivity index (χ1v) is 9.24. The van der Waals surface area contributed by atoms with Gasteiger partial charge in [-0.2, -0.15) is 0 Å². The van der Waals surface area contributed by atoms with E-state index in [4.69, 9.17) is 25.8 Å². The first kappa shape index (κ1) is 21.6. The van der Waals surface area contributed by atoms with E-state index < -0.39 is 12.1 Å². The normalized spacial score (nSPS) is 11.5. The van der Waals surface area contributed by atoms with Crippen LogP contribution in [0.4, 0.5) is 5.69 Å². The lowest BCUT2D eigenvalue weighted by Gasteiger charge is -2.18. The Balaban J connectivity index is 2.18. The van der Waals surface area contributed by atoms with E-state index in [1.54, 1.807) is 13.8 Å². The number of hydrogen-bond donors (Lipinski definition) is 1. The van der Waals surface area contributed by atoms with Crippen LogP contribution >= 0.6 is 11.6 Å². The van der Waals surface area contributed by atoms with Crippen LogP contribution in [-0.2, 0) is 9.53 Å². The number of benzene rings is 2. The molecule has 0 fully saturated rings. The lowest BCUT2D eigenvalue weighted by Crippen LogP contribution is -2.30. The van der Waals surface area contributed by atoms with Gasteiger partial charge in [0.1, 0.15) is 17.1 Å². The first-order chi connectivity index (χ1) is 13.3. The summed E-state index contributed by atoms with van der Waals surface area (Å²) in [6.07, 6.45) is -0.757. The molecule has 0 spiro atoms. The minimum Gasteiger partial charge on any atom is -0.496 e. The summed E-state index contributed by atoms with van der Waals surface area (Å²) in [6, 6.07) is 8.68. The van der Waals surface area contributed by atoms with Crippen molar-refractivity contribution in [3.05, 3.63) is 52.0 Å². The fraction of sp³-hybridized carbons (Fsp3) is 0.333. The first-order valence-electron chi connectivity index (χ1n) is 8.86. The molecule has 0 heterocycles. The highest BCUT2D eigenvalue weighted by Crippen LogP contribution is 2.32. The second-order valence-electron chi connectivity index (χ2n) is 6.27. The number of nitrogens with one attached hydrogen (secondary N) is 1. The zero-order valence-corrected chi connectivity index (χ0v) is 17.3. The largest absolute Gasteiger partial charge is 0.496 e. The number of methoxy groups -OCH3 is 1. The van der Waals surface area contributed by atoms with Gasteiger partial charge in [0.15, 0.2) is 6.10 Å². The van der Waals surface area contributed by atoms with E-state index in [1.165, 1.54) is 19.2 Å². The van der Waals surface area contributed by atoms with Crippen LogP contribution < -0.4 is 14.8 Å². The van der Waals surface area contributed by atoms with Gasteiger partial charge in [-0.25, -0.2) is 4.79 Å². The van der Waals surface area contributed by atoms with Gasteiger partial charge in [0, 0.05) is 6.07 Å². The summed E-state index contributed by atoms with van der Waals surface area (Å²) in [4.78, 5) is 24.6. The number of anilines is 1. The average molecular weight is 406 g/mol. The van der Waals surface area contributed by atoms with E-state index in [1.807, 2.05) is 32.0 Å². The summed E-state index contributed by atoms with van der Waals surface area (Å²) in [7, 11) is 1.42. The summed E-state index contributed by atoms with van der Waals surface area (Å²) in [5, 5.41) is 2.90. The zero-order chi connectivity index (χ0) is 20.8. The van der Waals surface area contributed by atoms with Gasteiger partial charge >= 0.3 is 5.97 Å². The van der Waals surface area contributed by atoms with E-state index in [-0.39, 0.29) is 28.8 Å². The molecular weight excluding hydrogens is 382 g/mol. The van der Waals surface area contributed by atoms with Crippen molar-refractivity contribution in [2.75, 3.05) is 19.0 Å². The molecule has 28 heavy (non-hydrogen) atoms. The number of hydrogen-bond acceptors (Lipinski definition) is 5. The molecule has 0 aliphatic rings. The van der Waals surface area contributed by atoms with Gasteiger partial charge in [0.2, 0.25) is 0 Å². The van der Waals surface area contributed by atoms with Crippen molar-refractivity contribution in [3.63, 3.8) is 0 Å². The molecule has 2 aromatic rings. The minimum atomic E-state index is -0.757. The number of halogens is 1. The van der Waals surface area contributed by atoms with Crippen molar-refractivity contribution in [2.24, 2.45) is 0 Å². The number of amides is 1. The highest BCUT2D eigenvalue weighted by atomic mass is 35.5. The van der Waals surface area contributed by atoms with Crippen molar-refractivity contribution >= 4 is 29.2 Å². The molecule has 1 N–H and O–H groups in total. The Kier molecular flexibility index (Phi) is 7.29. The predicted octanol–water partition coefficient (Wildman–Crippen LogP) is 4.55. The van der Waals surface area contributed by atoms with Crippen LogP contribution in [-0.4, -0.2) is 31.7 Å². The van der Waals surface area contributed by atoms with E-state index in [2.05, 4.69) is 5.32 Å². The van der Waals surface area contributed by atoms with E-state index >= 15 is 0 Å². The summed E-state index contributed by atoms with van der Waals surface area (Å²) < 4.78 is 16.0. The Labute approximate surface area is 169 Å². The summed E-state index contributed by atoms with van der Waals surface area (Å²) in [5.41, 5.74) is 2.47. The van der Waals surface area contributed by atoms with Crippen molar-refractivity contribution in [1.29, 1.82) is 0 Å². The number of ether oxygens (including phenoxy) is 3. The second-order valence-corrected chi connectivity index (χ2v) is 6.68. The van der Waals surface area contributed by atoms with Crippen LogP contribution in [0.15, 0.2) is 30.3 Å². The molecule has 0 radical (unpaired) electrons. The number of carbonyl (C=O) groups excluding carboxylic acids is 2. The molecule has 1 amide bonds. The third kappa shape index (κ3) is 5.16. The molecule has 150 valence electrons. The van der Waals surface area contributed by atoms with Crippen molar-refractivity contribution in [2.45, 2.75) is 33.8 Å². The van der Waals surface area contributed by atoms with Crippen LogP contribution in [0.3, 0.4) is 0 Å². The van der Waals surface area contributed by atoms with Crippen molar-refractivity contribution in [3.8, 4) is 11.5 Å². The fourth-order valence-electron chi connectivity index (χ4n) is 2.50. The number of aryl methyl sites for hydroxylation is 2. The number of esters is 1. The summed E-state index contributed by atoms with van der Waals surface area (Å²) in [6.45, 7) is 7.45. The van der Waals surface area contributed by atoms with Gasteiger partial charge in [-0.15, -0.1) is 0 Å². The Morgan fingerprint density at radius 3 is 2.50 bits per heavy atom. The molecule has 0 saturated heterocycles. The van der Waals surface area contributed by atoms with Crippen LogP contribution in [0.25, 0.3) is 0 Å². The maximum Gasteiger partial charge on any atom is 0.341 e. The van der Waals surface area contributed by atoms with Crippen LogP contribution in [0.2, 0.25) is 5.02 Å². The van der Waals surface area contributed by atoms with Crippen LogP contribution in [0.1, 0.15) is 35.3 Å². The fourth-order valence-corrected chi connectivity index (χ4v) is 2.71. The third-order valence-corrected chi connectivity index (χ3v) is 4.37. The molecule has 2 aromatic carbocycles. The van der Waals surface area contributed by atoms with Crippen LogP contribution in [0, 0.1) is 13.8 Å². The maximum absolute atomic E-state index is 12.6. The standard InChI is InChI=1S/C21H24ClNO5/c1-6-27-21(25)15-10-16(22)17(11-19(15)26-5)23-20(24)14(4)28-18-9-12(2)7-8-13(18)3/h7-11,14H,6H2,1-5H3,(H,23,24). The molecular formula is C21H24ClNO5. The Hall–Kier alpha value is -2.73. The van der Waals surface area contributed by atoms with E-state index in [0.717, 1.165) is 11.1 Å². The monoisotopic (exact) mass is 405 g/mol. The molecule has 0 aliphatic carbocycles. The van der Waals surface area contributed by atoms with Gasteiger partial charge in [-0.3, -0.25) is 4.79 Å². The lowest BCUT2D eigenvalue weighted by atomic mass is 10.1. The molecule has 0 saturated carbocycles. The van der Waals surface area contributed by atoms with Crippen LogP contribution in [0.5, 0.6) is 11.5 Å². The molecule has 7 heteroatoms. The Morgan fingerprint density at radius 1 is 1.14 bits per heavy atom. The smallest absolute Gasteiger partial charge is 0.341 e. The topological polar surface area (TPSA) is 73.9 Å². The van der Waals surface area contributed by atoms with Crippen molar-refractivity contribution in [1.82, 2.24) is 0 Å². The molecule has 0 aliphatic heterocycles.